The SMILES string of the molecule is NCCN.O.[Co]. The summed E-state index contributed by atoms with van der Waals surface area (Å²) in [7, 11) is 0. The van der Waals surface area contributed by atoms with Gasteiger partial charge in [0, 0.05) is 29.9 Å². The van der Waals surface area contributed by atoms with E-state index in [9.17, 15) is 0 Å². The average Bonchev–Trinajstić information content (AvgIpc) is 1.37. The quantitative estimate of drug-likeness (QED) is 0.441. The second-order valence-electron chi connectivity index (χ2n) is 0.577. The molecule has 0 spiro atoms. The van der Waals surface area contributed by atoms with Gasteiger partial charge in [-0.05, 0) is 0 Å². The Bertz CT molecular complexity index is 13.5. The minimum absolute atomic E-state index is 0. The molecule has 3 nitrogen and oxygen atoms in total. The average molecular weight is 137 g/mol. The fraction of sp³-hybridized carbons (Fsp3) is 1.00. The van der Waals surface area contributed by atoms with Crippen LogP contribution in [0.15, 0.2) is 0 Å². The number of hydrogen-bond donors (Lipinski definition) is 2. The third kappa shape index (κ3) is 26.2. The monoisotopic (exact) mass is 137 g/mol. The van der Waals surface area contributed by atoms with Crippen molar-refractivity contribution >= 4 is 0 Å². The van der Waals surface area contributed by atoms with Crippen LogP contribution in [0.1, 0.15) is 0 Å². The van der Waals surface area contributed by atoms with Gasteiger partial charge >= 0.3 is 0 Å². The van der Waals surface area contributed by atoms with Crippen molar-refractivity contribution < 1.29 is 22.3 Å². The van der Waals surface area contributed by atoms with Gasteiger partial charge in [0.15, 0.2) is 0 Å². The minimum atomic E-state index is 0. The van der Waals surface area contributed by atoms with Crippen molar-refractivity contribution in [1.29, 1.82) is 0 Å². The van der Waals surface area contributed by atoms with Gasteiger partial charge < -0.3 is 16.9 Å². The topological polar surface area (TPSA) is 83.5 Å². The second kappa shape index (κ2) is 18.2. The third-order valence-electron chi connectivity index (χ3n) is 0.167. The Labute approximate surface area is 47.6 Å². The van der Waals surface area contributed by atoms with Crippen LogP contribution in [0.25, 0.3) is 0 Å². The van der Waals surface area contributed by atoms with Gasteiger partial charge in [0.05, 0.1) is 0 Å². The van der Waals surface area contributed by atoms with Crippen molar-refractivity contribution in [3.8, 4) is 0 Å². The fourth-order valence-corrected chi connectivity index (χ4v) is 0. The van der Waals surface area contributed by atoms with Crippen LogP contribution < -0.4 is 11.5 Å². The molecule has 1 radical (unpaired) electrons. The first-order chi connectivity index (χ1) is 1.91. The molecule has 0 aromatic carbocycles. The van der Waals surface area contributed by atoms with Crippen molar-refractivity contribution in [3.63, 3.8) is 0 Å². The molecule has 0 aliphatic heterocycles. The largest absolute Gasteiger partial charge is 0.412 e. The van der Waals surface area contributed by atoms with Crippen LogP contribution in [-0.2, 0) is 16.8 Å². The van der Waals surface area contributed by atoms with Gasteiger partial charge in [0.25, 0.3) is 0 Å². The molecule has 0 fully saturated rings. The molecule has 0 aliphatic carbocycles. The predicted molar refractivity (Wildman–Crippen MR) is 21.7 cm³/mol. The fourth-order valence-electron chi connectivity index (χ4n) is 0. The van der Waals surface area contributed by atoms with Crippen molar-refractivity contribution in [2.75, 3.05) is 13.1 Å². The number of hydrogen-bond acceptors (Lipinski definition) is 2. The van der Waals surface area contributed by atoms with Crippen LogP contribution in [0.3, 0.4) is 0 Å². The summed E-state index contributed by atoms with van der Waals surface area (Å²) in [6.07, 6.45) is 0. The normalized spacial score (nSPS) is 5.00. The number of nitrogens with two attached hydrogens (primary N) is 2. The molecule has 0 saturated carbocycles. The molecule has 6 heavy (non-hydrogen) atoms. The Morgan fingerprint density at radius 3 is 1.17 bits per heavy atom. The maximum Gasteiger partial charge on any atom is 0.00461 e. The van der Waals surface area contributed by atoms with E-state index in [-0.39, 0.29) is 22.3 Å². The van der Waals surface area contributed by atoms with E-state index >= 15 is 0 Å². The molecular weight excluding hydrogens is 127 g/mol. The van der Waals surface area contributed by atoms with Crippen molar-refractivity contribution in [2.24, 2.45) is 11.5 Å². The summed E-state index contributed by atoms with van der Waals surface area (Å²) >= 11 is 0. The van der Waals surface area contributed by atoms with Gasteiger partial charge in [-0.3, -0.25) is 0 Å². The first kappa shape index (κ1) is 16.2. The zero-order chi connectivity index (χ0) is 3.41. The summed E-state index contributed by atoms with van der Waals surface area (Å²) in [6.45, 7) is 1.19. The zero-order valence-electron chi connectivity index (χ0n) is 3.40. The standard InChI is InChI=1S/C2H8N2.Co.H2O/c3-1-2-4;;/h1-4H2;;1H2. The summed E-state index contributed by atoms with van der Waals surface area (Å²) in [5.74, 6) is 0. The van der Waals surface area contributed by atoms with Gasteiger partial charge in [-0.25, -0.2) is 0 Å². The molecule has 0 unspecified atom stereocenters. The first-order valence-corrected chi connectivity index (χ1v) is 1.32. The van der Waals surface area contributed by atoms with E-state index in [1.807, 2.05) is 0 Å². The van der Waals surface area contributed by atoms with Crippen LogP contribution in [-0.4, -0.2) is 18.6 Å². The van der Waals surface area contributed by atoms with E-state index in [0.29, 0.717) is 13.1 Å². The molecule has 4 heteroatoms. The Kier molecular flexibility index (Phi) is 49.0. The maximum absolute atomic E-state index is 4.90. The number of rotatable bonds is 1. The van der Waals surface area contributed by atoms with Gasteiger partial charge in [-0.15, -0.1) is 0 Å². The molecule has 0 aliphatic rings. The summed E-state index contributed by atoms with van der Waals surface area (Å²) in [4.78, 5) is 0. The summed E-state index contributed by atoms with van der Waals surface area (Å²) in [5, 5.41) is 0. The van der Waals surface area contributed by atoms with Crippen molar-refractivity contribution in [2.45, 2.75) is 0 Å². The molecule has 0 bridgehead atoms. The molecule has 0 aromatic rings. The van der Waals surface area contributed by atoms with Crippen LogP contribution in [0, 0.1) is 0 Å². The zero-order valence-corrected chi connectivity index (χ0v) is 4.44. The van der Waals surface area contributed by atoms with E-state index in [1.54, 1.807) is 0 Å². The molecule has 0 heterocycles. The predicted octanol–water partition coefficient (Wildman–Crippen LogP) is -1.92. The van der Waals surface area contributed by atoms with E-state index in [4.69, 9.17) is 11.5 Å². The Balaban J connectivity index is -0.0000000450. The molecule has 0 saturated heterocycles. The summed E-state index contributed by atoms with van der Waals surface area (Å²) in [5.41, 5.74) is 9.81. The van der Waals surface area contributed by atoms with Crippen LogP contribution in [0.4, 0.5) is 0 Å². The molecule has 0 atom stereocenters. The van der Waals surface area contributed by atoms with Gasteiger partial charge in [-0.2, -0.15) is 0 Å². The van der Waals surface area contributed by atoms with Crippen molar-refractivity contribution in [3.05, 3.63) is 0 Å². The summed E-state index contributed by atoms with van der Waals surface area (Å²) in [6, 6.07) is 0. The van der Waals surface area contributed by atoms with E-state index in [2.05, 4.69) is 0 Å². The molecule has 6 N–H and O–H groups in total. The molecular formula is C2H10CoN2O. The summed E-state index contributed by atoms with van der Waals surface area (Å²) < 4.78 is 0. The molecule has 0 rings (SSSR count). The molecule has 43 valence electrons. The third-order valence-corrected chi connectivity index (χ3v) is 0.167. The van der Waals surface area contributed by atoms with Crippen LogP contribution >= 0.6 is 0 Å². The molecule has 0 aromatic heterocycles. The van der Waals surface area contributed by atoms with E-state index in [0.717, 1.165) is 0 Å². The first-order valence-electron chi connectivity index (χ1n) is 1.32. The smallest absolute Gasteiger partial charge is 0.00461 e. The Morgan fingerprint density at radius 2 is 1.17 bits per heavy atom. The van der Waals surface area contributed by atoms with E-state index in [1.165, 1.54) is 0 Å². The van der Waals surface area contributed by atoms with Gasteiger partial charge in [0.2, 0.25) is 0 Å². The maximum atomic E-state index is 4.90. The minimum Gasteiger partial charge on any atom is -0.412 e. The van der Waals surface area contributed by atoms with Crippen LogP contribution in [0.2, 0.25) is 0 Å². The second-order valence-corrected chi connectivity index (χ2v) is 0.577. The van der Waals surface area contributed by atoms with E-state index < -0.39 is 0 Å². The van der Waals surface area contributed by atoms with Gasteiger partial charge in [-0.1, -0.05) is 0 Å². The molecule has 0 amide bonds. The van der Waals surface area contributed by atoms with Gasteiger partial charge in [0.1, 0.15) is 0 Å². The van der Waals surface area contributed by atoms with Crippen LogP contribution in [0.5, 0.6) is 0 Å². The van der Waals surface area contributed by atoms with Crippen molar-refractivity contribution in [1.82, 2.24) is 0 Å². The Hall–Kier alpha value is 0.386. The Morgan fingerprint density at radius 1 is 1.00 bits per heavy atom.